The van der Waals surface area contributed by atoms with Crippen molar-refractivity contribution in [1.29, 1.82) is 0 Å². The number of cyclic esters (lactones) is 1. The zero-order valence-corrected chi connectivity index (χ0v) is 42.4. The van der Waals surface area contributed by atoms with Crippen molar-refractivity contribution in [3.05, 3.63) is 34.9 Å². The molecule has 1 aromatic carbocycles. The quantitative estimate of drug-likeness (QED) is 0.151. The molecule has 370 valence electrons. The van der Waals surface area contributed by atoms with E-state index in [-0.39, 0.29) is 43.5 Å². The maximum atomic E-state index is 14.6. The molecule has 0 saturated carbocycles. The Morgan fingerprint density at radius 3 is 2.17 bits per heavy atom. The lowest BCUT2D eigenvalue weighted by Crippen LogP contribution is -2.70. The summed E-state index contributed by atoms with van der Waals surface area (Å²) in [7, 11) is 5.44. The Morgan fingerprint density at radius 2 is 1.59 bits per heavy atom. The van der Waals surface area contributed by atoms with Gasteiger partial charge in [-0.3, -0.25) is 4.79 Å². The summed E-state index contributed by atoms with van der Waals surface area (Å²) >= 11 is 6.11. The van der Waals surface area contributed by atoms with Crippen LogP contribution >= 0.6 is 11.6 Å². The number of rotatable bonds is 13. The van der Waals surface area contributed by atoms with Crippen molar-refractivity contribution in [2.45, 2.75) is 206 Å². The van der Waals surface area contributed by atoms with Crippen LogP contribution in [0.25, 0.3) is 0 Å². The first-order valence-corrected chi connectivity index (χ1v) is 24.2. The van der Waals surface area contributed by atoms with Crippen LogP contribution in [0.4, 0.5) is 0 Å². The maximum Gasteiger partial charge on any atom is 0.311 e. The largest absolute Gasteiger partial charge is 0.459 e. The molecule has 3 fully saturated rings. The summed E-state index contributed by atoms with van der Waals surface area (Å²) in [6.45, 7) is 25.1. The highest BCUT2D eigenvalue weighted by Gasteiger charge is 2.58. The molecule has 17 atom stereocenters. The van der Waals surface area contributed by atoms with Gasteiger partial charge in [0.15, 0.2) is 12.6 Å². The molecule has 15 heteroatoms. The number of nitrogens with zero attached hydrogens (tertiary/aromatic N) is 2. The second kappa shape index (κ2) is 22.7. The number of methoxy groups -OCH3 is 1. The van der Waals surface area contributed by atoms with Crippen LogP contribution < -0.4 is 5.32 Å². The number of hydrogen-bond donors (Lipinski definition) is 5. The van der Waals surface area contributed by atoms with Crippen LogP contribution in [0.1, 0.15) is 121 Å². The Bertz CT molecular complexity index is 1610. The third-order valence-electron chi connectivity index (χ3n) is 15.0. The number of carbonyl (C=O) groups excluding carboxylic acids is 1. The number of carbonyl (C=O) groups is 1. The zero-order valence-electron chi connectivity index (χ0n) is 41.7. The third-order valence-corrected chi connectivity index (χ3v) is 15.2. The normalized spacial score (nSPS) is 42.2. The molecule has 64 heavy (non-hydrogen) atoms. The van der Waals surface area contributed by atoms with Gasteiger partial charge in [-0.05, 0) is 117 Å². The lowest BCUT2D eigenvalue weighted by molar-refractivity contribution is -0.334. The van der Waals surface area contributed by atoms with Crippen LogP contribution in [0, 0.1) is 23.2 Å². The van der Waals surface area contributed by atoms with Crippen LogP contribution in [0.2, 0.25) is 5.02 Å². The summed E-state index contributed by atoms with van der Waals surface area (Å²) in [6, 6.07) is 7.28. The minimum atomic E-state index is -1.76. The first-order chi connectivity index (χ1) is 29.8. The Kier molecular flexibility index (Phi) is 19.6. The molecule has 3 heterocycles. The van der Waals surface area contributed by atoms with Gasteiger partial charge in [0.05, 0.1) is 36.4 Å². The molecule has 14 nitrogen and oxygen atoms in total. The van der Waals surface area contributed by atoms with Crippen molar-refractivity contribution in [2.24, 2.45) is 23.2 Å². The van der Waals surface area contributed by atoms with Crippen molar-refractivity contribution in [3.63, 3.8) is 0 Å². The molecule has 0 aliphatic carbocycles. The molecule has 3 saturated heterocycles. The van der Waals surface area contributed by atoms with E-state index in [1.54, 1.807) is 27.9 Å². The third kappa shape index (κ3) is 12.6. The van der Waals surface area contributed by atoms with Gasteiger partial charge in [-0.2, -0.15) is 0 Å². The zero-order chi connectivity index (χ0) is 48.1. The van der Waals surface area contributed by atoms with Crippen LogP contribution in [0.5, 0.6) is 0 Å². The molecule has 1 aromatic rings. The number of ether oxygens (including phenoxy) is 6. The predicted molar refractivity (Wildman–Crippen MR) is 249 cm³/mol. The second-order valence-electron chi connectivity index (χ2n) is 20.9. The van der Waals surface area contributed by atoms with Gasteiger partial charge in [-0.15, -0.1) is 0 Å². The minimum absolute atomic E-state index is 0.00353. The number of nitrogens with one attached hydrogen (secondary N) is 1. The standard InChI is InChI=1S/C49H86ClN3O11/c1-16-22-53-27-29(3)42(55)48(12,57)38(17-2)62-44(56)33(7)41(32(6)43(46(9,10)24-30(53)4)64-45-40(54)37(52(13)14)23-31(5)60-45)63-39-25-47(11,59-15)49(58,34(8)61-39)28-51-26-35-18-20-36(50)21-19-35/h18-21,29-34,37-43,45,51,54-55,57-58H,16-17,22-28H2,1-15H3/t29-,30+,31+,32-,33+,34-,37-,38+,39+,40+,41+,42+,43+,45-,47-,48+,49+/m0/s1. The lowest BCUT2D eigenvalue weighted by Gasteiger charge is -2.54. The summed E-state index contributed by atoms with van der Waals surface area (Å²) in [5.74, 6) is -2.49. The fourth-order valence-corrected chi connectivity index (χ4v) is 11.0. The fraction of sp³-hybridized carbons (Fsp3) is 0.857. The average Bonchev–Trinajstić information content (AvgIpc) is 3.22. The van der Waals surface area contributed by atoms with E-state index in [0.717, 1.165) is 18.5 Å². The van der Waals surface area contributed by atoms with E-state index in [9.17, 15) is 25.2 Å². The van der Waals surface area contributed by atoms with Gasteiger partial charge >= 0.3 is 5.97 Å². The van der Waals surface area contributed by atoms with Gasteiger partial charge in [0.2, 0.25) is 0 Å². The van der Waals surface area contributed by atoms with Crippen LogP contribution in [-0.4, -0.2) is 161 Å². The molecule has 0 aromatic heterocycles. The highest BCUT2D eigenvalue weighted by atomic mass is 35.5. The number of hydrogen-bond acceptors (Lipinski definition) is 14. The van der Waals surface area contributed by atoms with Crippen LogP contribution in [0.15, 0.2) is 24.3 Å². The Balaban J connectivity index is 1.80. The predicted octanol–water partition coefficient (Wildman–Crippen LogP) is 5.77. The highest BCUT2D eigenvalue weighted by Crippen LogP contribution is 2.45. The molecular formula is C49H86ClN3O11. The van der Waals surface area contributed by atoms with E-state index in [2.05, 4.69) is 37.9 Å². The Morgan fingerprint density at radius 1 is 0.953 bits per heavy atom. The Hall–Kier alpha value is -1.50. The number of esters is 1. The van der Waals surface area contributed by atoms with Crippen molar-refractivity contribution in [1.82, 2.24) is 15.1 Å². The van der Waals surface area contributed by atoms with Crippen molar-refractivity contribution in [3.8, 4) is 0 Å². The Labute approximate surface area is 389 Å². The van der Waals surface area contributed by atoms with Gasteiger partial charge in [-0.1, -0.05) is 65.3 Å². The maximum absolute atomic E-state index is 14.6. The van der Waals surface area contributed by atoms with Crippen molar-refractivity contribution in [2.75, 3.05) is 40.8 Å². The van der Waals surface area contributed by atoms with E-state index in [1.807, 2.05) is 77.9 Å². The lowest BCUT2D eigenvalue weighted by atomic mass is 9.72. The number of likely N-dealkylation sites (N-methyl/N-ethyl adjacent to an activating group) is 1. The monoisotopic (exact) mass is 928 g/mol. The summed E-state index contributed by atoms with van der Waals surface area (Å²) in [5, 5.41) is 52.0. The van der Waals surface area contributed by atoms with E-state index in [1.165, 1.54) is 0 Å². The number of halogens is 1. The molecule has 5 N–H and O–H groups in total. The summed E-state index contributed by atoms with van der Waals surface area (Å²) in [6.07, 6.45) is -5.21. The van der Waals surface area contributed by atoms with Crippen LogP contribution in [0.3, 0.4) is 0 Å². The first-order valence-electron chi connectivity index (χ1n) is 23.8. The molecule has 3 aliphatic heterocycles. The van der Waals surface area contributed by atoms with E-state index < -0.39 is 89.2 Å². The molecule has 0 spiro atoms. The highest BCUT2D eigenvalue weighted by molar-refractivity contribution is 6.30. The summed E-state index contributed by atoms with van der Waals surface area (Å²) < 4.78 is 39.6. The SMILES string of the molecule is CCCN1C[C@H](C)[C@@H](O)[C@](C)(O)[C@@H](CC)OC(=O)[C@H](C)[C@H](O[C@@H]2C[C@](C)(OC)[C@@](O)(CNCc3ccc(Cl)cc3)[C@H](C)O2)[C@H](C)[C@@H](O[C@@H]2O[C@H](C)C[C@H](N(C)C)[C@H]2O)C(C)(C)C[C@H]1C. The number of aliphatic hydroxyl groups is 4. The molecular weight excluding hydrogens is 842 g/mol. The minimum Gasteiger partial charge on any atom is -0.459 e. The molecule has 0 amide bonds. The van der Waals surface area contributed by atoms with E-state index in [4.69, 9.17) is 40.0 Å². The van der Waals surface area contributed by atoms with Gasteiger partial charge in [0.1, 0.15) is 29.0 Å². The van der Waals surface area contributed by atoms with Gasteiger partial charge in [0.25, 0.3) is 0 Å². The number of aliphatic hydroxyl groups excluding tert-OH is 2. The van der Waals surface area contributed by atoms with Gasteiger partial charge in [-0.25, -0.2) is 0 Å². The molecule has 0 bridgehead atoms. The first kappa shape index (κ1) is 55.1. The van der Waals surface area contributed by atoms with Crippen LogP contribution in [-0.2, 0) is 39.8 Å². The number of benzene rings is 1. The topological polar surface area (TPSA) is 172 Å². The summed E-state index contributed by atoms with van der Waals surface area (Å²) in [5.41, 5.74) is -4.05. The molecule has 0 radical (unpaired) electrons. The van der Waals surface area contributed by atoms with E-state index >= 15 is 0 Å². The molecule has 3 aliphatic rings. The summed E-state index contributed by atoms with van der Waals surface area (Å²) in [4.78, 5) is 19.0. The molecule has 0 unspecified atom stereocenters. The van der Waals surface area contributed by atoms with E-state index in [0.29, 0.717) is 31.0 Å². The van der Waals surface area contributed by atoms with Crippen molar-refractivity contribution >= 4 is 17.6 Å². The second-order valence-corrected chi connectivity index (χ2v) is 21.3. The average molecular weight is 929 g/mol. The van der Waals surface area contributed by atoms with Gasteiger partial charge in [0, 0.05) is 56.2 Å². The fourth-order valence-electron chi connectivity index (χ4n) is 10.9. The smallest absolute Gasteiger partial charge is 0.311 e. The van der Waals surface area contributed by atoms with Crippen molar-refractivity contribution < 1.29 is 53.6 Å². The molecule has 4 rings (SSSR count). The van der Waals surface area contributed by atoms with Gasteiger partial charge < -0.3 is 64.0 Å².